The molecule has 4 nitrogen and oxygen atoms in total. The first-order valence-electron chi connectivity index (χ1n) is 7.59. The Morgan fingerprint density at radius 1 is 1.53 bits per heavy atom. The molecule has 1 rings (SSSR count). The molecule has 19 heavy (non-hydrogen) atoms. The Balaban J connectivity index is 2.32. The van der Waals surface area contributed by atoms with Crippen LogP contribution < -0.4 is 5.32 Å². The number of aliphatic carboxylic acids is 1. The third kappa shape index (κ3) is 5.11. The van der Waals surface area contributed by atoms with E-state index >= 15 is 0 Å². The second-order valence-electron chi connectivity index (χ2n) is 6.23. The molecule has 1 aliphatic rings. The summed E-state index contributed by atoms with van der Waals surface area (Å²) in [6.45, 7) is 7.88. The van der Waals surface area contributed by atoms with Gasteiger partial charge in [-0.05, 0) is 72.0 Å². The maximum absolute atomic E-state index is 11.4. The molecular formula is C15H30N2O2. The quantitative estimate of drug-likeness (QED) is 0.640. The van der Waals surface area contributed by atoms with Crippen LogP contribution in [0.1, 0.15) is 52.9 Å². The summed E-state index contributed by atoms with van der Waals surface area (Å²) in [5, 5.41) is 12.5. The summed E-state index contributed by atoms with van der Waals surface area (Å²) in [7, 11) is 2.15. The maximum Gasteiger partial charge on any atom is 0.323 e. The summed E-state index contributed by atoms with van der Waals surface area (Å²) in [6, 6.07) is 0.639. The second kappa shape index (κ2) is 7.25. The summed E-state index contributed by atoms with van der Waals surface area (Å²) in [6.07, 6.45) is 5.28. The predicted octanol–water partition coefficient (Wildman–Crippen LogP) is 2.34. The molecule has 0 aromatic rings. The van der Waals surface area contributed by atoms with Gasteiger partial charge < -0.3 is 15.3 Å². The summed E-state index contributed by atoms with van der Waals surface area (Å²) >= 11 is 0. The average Bonchev–Trinajstić information content (AvgIpc) is 3.19. The first-order chi connectivity index (χ1) is 8.90. The smallest absolute Gasteiger partial charge is 0.323 e. The van der Waals surface area contributed by atoms with Gasteiger partial charge in [0.15, 0.2) is 0 Å². The molecular weight excluding hydrogens is 240 g/mol. The van der Waals surface area contributed by atoms with E-state index in [0.29, 0.717) is 12.5 Å². The Labute approximate surface area is 117 Å². The summed E-state index contributed by atoms with van der Waals surface area (Å²) in [5.41, 5.74) is -0.778. The summed E-state index contributed by atoms with van der Waals surface area (Å²) in [4.78, 5) is 13.8. The van der Waals surface area contributed by atoms with Crippen LogP contribution in [0, 0.1) is 5.92 Å². The molecule has 1 fully saturated rings. The van der Waals surface area contributed by atoms with Gasteiger partial charge in [-0.25, -0.2) is 0 Å². The zero-order chi connectivity index (χ0) is 14.5. The van der Waals surface area contributed by atoms with Gasteiger partial charge in [-0.2, -0.15) is 0 Å². The molecule has 0 aromatic heterocycles. The number of carboxylic acids is 1. The number of nitrogens with one attached hydrogen (secondary N) is 1. The number of nitrogens with zero attached hydrogens (tertiary/aromatic N) is 1. The second-order valence-corrected chi connectivity index (χ2v) is 6.23. The SMILES string of the molecule is CCCNC(C)(CCCN(C)C(C)C1CC1)C(=O)O. The average molecular weight is 270 g/mol. The Kier molecular flexibility index (Phi) is 6.27. The first-order valence-corrected chi connectivity index (χ1v) is 7.59. The maximum atomic E-state index is 11.4. The summed E-state index contributed by atoms with van der Waals surface area (Å²) in [5.74, 6) is 0.132. The van der Waals surface area contributed by atoms with E-state index in [1.165, 1.54) is 12.8 Å². The molecule has 1 aliphatic carbocycles. The van der Waals surface area contributed by atoms with E-state index < -0.39 is 11.5 Å². The van der Waals surface area contributed by atoms with Gasteiger partial charge in [0.2, 0.25) is 0 Å². The van der Waals surface area contributed by atoms with E-state index in [2.05, 4.69) is 31.1 Å². The van der Waals surface area contributed by atoms with Crippen LogP contribution in [0.4, 0.5) is 0 Å². The number of hydrogen-bond donors (Lipinski definition) is 2. The van der Waals surface area contributed by atoms with Crippen LogP contribution in [-0.4, -0.2) is 47.7 Å². The highest BCUT2D eigenvalue weighted by molar-refractivity contribution is 5.78. The Morgan fingerprint density at radius 2 is 2.16 bits per heavy atom. The minimum Gasteiger partial charge on any atom is -0.480 e. The van der Waals surface area contributed by atoms with Crippen molar-refractivity contribution in [3.8, 4) is 0 Å². The lowest BCUT2D eigenvalue weighted by Gasteiger charge is -2.29. The van der Waals surface area contributed by atoms with E-state index in [9.17, 15) is 9.90 Å². The van der Waals surface area contributed by atoms with Crippen LogP contribution in [0.3, 0.4) is 0 Å². The third-order valence-corrected chi connectivity index (χ3v) is 4.42. The van der Waals surface area contributed by atoms with Gasteiger partial charge in [-0.15, -0.1) is 0 Å². The van der Waals surface area contributed by atoms with E-state index in [-0.39, 0.29) is 0 Å². The van der Waals surface area contributed by atoms with Gasteiger partial charge in [-0.1, -0.05) is 6.92 Å². The van der Waals surface area contributed by atoms with Gasteiger partial charge in [0.25, 0.3) is 0 Å². The minimum absolute atomic E-state index is 0.639. The van der Waals surface area contributed by atoms with Crippen molar-refractivity contribution in [1.29, 1.82) is 0 Å². The van der Waals surface area contributed by atoms with Crippen molar-refractivity contribution in [2.24, 2.45) is 5.92 Å². The molecule has 2 unspecified atom stereocenters. The van der Waals surface area contributed by atoms with Gasteiger partial charge in [0, 0.05) is 6.04 Å². The van der Waals surface area contributed by atoms with E-state index in [4.69, 9.17) is 0 Å². The van der Waals surface area contributed by atoms with Crippen LogP contribution in [0.2, 0.25) is 0 Å². The molecule has 1 saturated carbocycles. The lowest BCUT2D eigenvalue weighted by Crippen LogP contribution is -2.50. The summed E-state index contributed by atoms with van der Waals surface area (Å²) < 4.78 is 0. The Hall–Kier alpha value is -0.610. The van der Waals surface area contributed by atoms with Gasteiger partial charge >= 0.3 is 5.97 Å². The molecule has 0 amide bonds. The highest BCUT2D eigenvalue weighted by Gasteiger charge is 2.33. The van der Waals surface area contributed by atoms with Crippen molar-refractivity contribution in [1.82, 2.24) is 10.2 Å². The molecule has 2 N–H and O–H groups in total. The number of carbonyl (C=O) groups is 1. The molecule has 4 heteroatoms. The number of carboxylic acid groups (broad SMARTS) is 1. The number of hydrogen-bond acceptors (Lipinski definition) is 3. The molecule has 0 heterocycles. The molecule has 0 spiro atoms. The topological polar surface area (TPSA) is 52.6 Å². The third-order valence-electron chi connectivity index (χ3n) is 4.42. The van der Waals surface area contributed by atoms with Gasteiger partial charge in [-0.3, -0.25) is 4.79 Å². The molecule has 2 atom stereocenters. The van der Waals surface area contributed by atoms with Crippen molar-refractivity contribution in [3.63, 3.8) is 0 Å². The molecule has 0 aliphatic heterocycles. The fourth-order valence-corrected chi connectivity index (χ4v) is 2.50. The van der Waals surface area contributed by atoms with Crippen LogP contribution in [0.25, 0.3) is 0 Å². The minimum atomic E-state index is -0.778. The Morgan fingerprint density at radius 3 is 2.63 bits per heavy atom. The van der Waals surface area contributed by atoms with Gasteiger partial charge in [0.05, 0.1) is 0 Å². The van der Waals surface area contributed by atoms with Crippen LogP contribution >= 0.6 is 0 Å². The molecule has 0 saturated heterocycles. The molecule has 0 bridgehead atoms. The van der Waals surface area contributed by atoms with E-state index in [1.54, 1.807) is 6.92 Å². The largest absolute Gasteiger partial charge is 0.480 e. The monoisotopic (exact) mass is 270 g/mol. The zero-order valence-electron chi connectivity index (χ0n) is 12.9. The lowest BCUT2D eigenvalue weighted by molar-refractivity contribution is -0.144. The lowest BCUT2D eigenvalue weighted by atomic mass is 9.95. The van der Waals surface area contributed by atoms with Crippen LogP contribution in [0.5, 0.6) is 0 Å². The normalized spacial score (nSPS) is 20.3. The molecule has 0 radical (unpaired) electrons. The van der Waals surface area contributed by atoms with Gasteiger partial charge in [0.1, 0.15) is 5.54 Å². The highest BCUT2D eigenvalue weighted by Crippen LogP contribution is 2.34. The Bertz CT molecular complexity index is 292. The predicted molar refractivity (Wildman–Crippen MR) is 78.4 cm³/mol. The molecule has 0 aromatic carbocycles. The van der Waals surface area contributed by atoms with E-state index in [0.717, 1.165) is 31.8 Å². The van der Waals surface area contributed by atoms with Crippen molar-refractivity contribution < 1.29 is 9.90 Å². The van der Waals surface area contributed by atoms with Crippen molar-refractivity contribution >= 4 is 5.97 Å². The van der Waals surface area contributed by atoms with Crippen LogP contribution in [-0.2, 0) is 4.79 Å². The fourth-order valence-electron chi connectivity index (χ4n) is 2.50. The van der Waals surface area contributed by atoms with E-state index in [1.807, 2.05) is 0 Å². The van der Waals surface area contributed by atoms with Crippen LogP contribution in [0.15, 0.2) is 0 Å². The highest BCUT2D eigenvalue weighted by atomic mass is 16.4. The fraction of sp³-hybridized carbons (Fsp3) is 0.933. The van der Waals surface area contributed by atoms with Crippen molar-refractivity contribution in [2.45, 2.75) is 64.5 Å². The standard InChI is InChI=1S/C15H30N2O2/c1-5-10-16-15(3,14(18)19)9-6-11-17(4)12(2)13-7-8-13/h12-13,16H,5-11H2,1-4H3,(H,18,19). The van der Waals surface area contributed by atoms with Crippen molar-refractivity contribution in [3.05, 3.63) is 0 Å². The first kappa shape index (κ1) is 16.4. The number of rotatable bonds is 10. The van der Waals surface area contributed by atoms with Crippen molar-refractivity contribution in [2.75, 3.05) is 20.1 Å². The zero-order valence-corrected chi connectivity index (χ0v) is 12.9. The molecule has 112 valence electrons.